The van der Waals surface area contributed by atoms with Gasteiger partial charge in [-0.15, -0.1) is 0 Å². The molecule has 1 aromatic heterocycles. The average molecular weight is 449 g/mol. The highest BCUT2D eigenvalue weighted by molar-refractivity contribution is 7.91. The maximum absolute atomic E-state index is 13.4. The third-order valence-electron chi connectivity index (χ3n) is 5.54. The van der Waals surface area contributed by atoms with E-state index in [4.69, 9.17) is 16.0 Å². The second-order valence-electron chi connectivity index (χ2n) is 7.41. The maximum Gasteiger partial charge on any atom is 0.236 e. The second kappa shape index (κ2) is 8.40. The topological polar surface area (TPSA) is 63.4 Å². The van der Waals surface area contributed by atoms with Crippen LogP contribution in [0.1, 0.15) is 26.2 Å². The Hall–Kier alpha value is -2.38. The van der Waals surface area contributed by atoms with Gasteiger partial charge in [0.25, 0.3) is 0 Å². The number of oxazole rings is 1. The van der Waals surface area contributed by atoms with Crippen molar-refractivity contribution in [3.05, 3.63) is 59.4 Å². The van der Waals surface area contributed by atoms with Crippen molar-refractivity contribution < 1.29 is 17.2 Å². The Balaban J connectivity index is 1.82. The lowest BCUT2D eigenvalue weighted by Gasteiger charge is -2.31. The average Bonchev–Trinajstić information content (AvgIpc) is 3.20. The van der Waals surface area contributed by atoms with Gasteiger partial charge in [0.1, 0.15) is 5.82 Å². The minimum atomic E-state index is -4.01. The van der Waals surface area contributed by atoms with Crippen LogP contribution in [-0.2, 0) is 9.84 Å². The van der Waals surface area contributed by atoms with Gasteiger partial charge >= 0.3 is 0 Å². The molecule has 30 heavy (non-hydrogen) atoms. The zero-order valence-electron chi connectivity index (χ0n) is 16.5. The minimum Gasteiger partial charge on any atom is -0.419 e. The number of hydrogen-bond acceptors (Lipinski definition) is 5. The zero-order valence-corrected chi connectivity index (χ0v) is 18.1. The smallest absolute Gasteiger partial charge is 0.236 e. The lowest BCUT2D eigenvalue weighted by molar-refractivity contribution is 0.380. The van der Waals surface area contributed by atoms with Gasteiger partial charge in [-0.3, -0.25) is 0 Å². The molecule has 0 unspecified atom stereocenters. The van der Waals surface area contributed by atoms with E-state index >= 15 is 0 Å². The van der Waals surface area contributed by atoms with Gasteiger partial charge in [-0.05, 0) is 55.2 Å². The summed E-state index contributed by atoms with van der Waals surface area (Å²) >= 11 is 6.29. The number of nitrogens with zero attached hydrogens (tertiary/aromatic N) is 2. The summed E-state index contributed by atoms with van der Waals surface area (Å²) < 4.78 is 46.0. The number of halogens is 2. The number of anilines is 1. The van der Waals surface area contributed by atoms with E-state index < -0.39 is 15.7 Å². The summed E-state index contributed by atoms with van der Waals surface area (Å²) in [5.41, 5.74) is 0.518. The Morgan fingerprint density at radius 2 is 1.80 bits per heavy atom. The maximum atomic E-state index is 13.4. The van der Waals surface area contributed by atoms with Gasteiger partial charge < -0.3 is 9.32 Å². The molecule has 158 valence electrons. The lowest BCUT2D eigenvalue weighted by Crippen LogP contribution is -2.34. The standard InChI is InChI=1S/C22H22ClFN2O3S/c1-2-15-11-13-26(14-12-15)22-21(30(27,28)17-9-7-16(24)8-10-17)25-20(29-22)18-5-3-4-6-19(18)23/h3-10,15H,2,11-14H2,1H3. The minimum absolute atomic E-state index is 0.0346. The number of benzene rings is 2. The van der Waals surface area contributed by atoms with Crippen LogP contribution in [0.5, 0.6) is 0 Å². The van der Waals surface area contributed by atoms with E-state index in [1.54, 1.807) is 24.3 Å². The fourth-order valence-electron chi connectivity index (χ4n) is 3.69. The van der Waals surface area contributed by atoms with E-state index in [9.17, 15) is 12.8 Å². The lowest BCUT2D eigenvalue weighted by atomic mass is 9.95. The van der Waals surface area contributed by atoms with Crippen molar-refractivity contribution in [2.45, 2.75) is 36.1 Å². The molecule has 0 N–H and O–H groups in total. The number of piperidine rings is 1. The highest BCUT2D eigenvalue weighted by Gasteiger charge is 2.33. The van der Waals surface area contributed by atoms with Crippen molar-refractivity contribution in [1.82, 2.24) is 4.98 Å². The summed E-state index contributed by atoms with van der Waals surface area (Å²) in [6, 6.07) is 11.7. The van der Waals surface area contributed by atoms with E-state index in [1.165, 1.54) is 12.1 Å². The van der Waals surface area contributed by atoms with Crippen LogP contribution in [0.15, 0.2) is 62.9 Å². The van der Waals surface area contributed by atoms with Gasteiger partial charge in [0, 0.05) is 13.1 Å². The molecule has 4 rings (SSSR count). The molecule has 0 bridgehead atoms. The summed E-state index contributed by atoms with van der Waals surface area (Å²) in [6.45, 7) is 3.53. The van der Waals surface area contributed by atoms with Crippen LogP contribution >= 0.6 is 11.6 Å². The third-order valence-corrected chi connectivity index (χ3v) is 7.54. The zero-order chi connectivity index (χ0) is 21.3. The van der Waals surface area contributed by atoms with Gasteiger partial charge in [0.05, 0.1) is 15.5 Å². The summed E-state index contributed by atoms with van der Waals surface area (Å²) in [7, 11) is -4.01. The number of sulfone groups is 1. The van der Waals surface area contributed by atoms with Crippen molar-refractivity contribution in [1.29, 1.82) is 0 Å². The molecule has 0 amide bonds. The molecule has 1 saturated heterocycles. The quantitative estimate of drug-likeness (QED) is 0.476. The molecule has 1 fully saturated rings. The van der Waals surface area contributed by atoms with Gasteiger partial charge in [0.15, 0.2) is 0 Å². The molecule has 8 heteroatoms. The molecule has 1 aliphatic rings. The summed E-state index contributed by atoms with van der Waals surface area (Å²) in [6.07, 6.45) is 3.00. The van der Waals surface area contributed by atoms with Crippen LogP contribution in [0, 0.1) is 11.7 Å². The molecule has 0 atom stereocenters. The van der Waals surface area contributed by atoms with Crippen LogP contribution in [-0.4, -0.2) is 26.5 Å². The number of rotatable bonds is 5. The molecule has 2 aromatic carbocycles. The van der Waals surface area contributed by atoms with Crippen molar-refractivity contribution in [3.63, 3.8) is 0 Å². The van der Waals surface area contributed by atoms with Gasteiger partial charge in [-0.25, -0.2) is 12.8 Å². The molecule has 1 aliphatic heterocycles. The summed E-state index contributed by atoms with van der Waals surface area (Å²) in [4.78, 5) is 6.24. The Kier molecular flexibility index (Phi) is 5.84. The molecule has 2 heterocycles. The van der Waals surface area contributed by atoms with E-state index in [0.29, 0.717) is 29.6 Å². The predicted molar refractivity (Wildman–Crippen MR) is 114 cm³/mol. The first kappa shape index (κ1) is 20.9. The third kappa shape index (κ3) is 3.96. The van der Waals surface area contributed by atoms with Crippen LogP contribution in [0.25, 0.3) is 11.5 Å². The van der Waals surface area contributed by atoms with E-state index in [2.05, 4.69) is 11.9 Å². The first-order chi connectivity index (χ1) is 14.4. The normalized spacial score (nSPS) is 15.5. The molecule has 0 radical (unpaired) electrons. The van der Waals surface area contributed by atoms with Gasteiger partial charge in [-0.1, -0.05) is 37.1 Å². The largest absolute Gasteiger partial charge is 0.419 e. The van der Waals surface area contributed by atoms with Crippen LogP contribution in [0.4, 0.5) is 10.3 Å². The Bertz CT molecular complexity index is 1140. The fourth-order valence-corrected chi connectivity index (χ4v) is 5.23. The molecule has 0 spiro atoms. The first-order valence-corrected chi connectivity index (χ1v) is 11.8. The van der Waals surface area contributed by atoms with Crippen molar-refractivity contribution >= 4 is 27.3 Å². The Morgan fingerprint density at radius 1 is 1.13 bits per heavy atom. The van der Waals surface area contributed by atoms with Crippen LogP contribution in [0.2, 0.25) is 5.02 Å². The molecular formula is C22H22ClFN2O3S. The van der Waals surface area contributed by atoms with E-state index in [0.717, 1.165) is 31.4 Å². The molecular weight excluding hydrogens is 427 g/mol. The van der Waals surface area contributed by atoms with E-state index in [1.807, 2.05) is 4.90 Å². The molecule has 5 nitrogen and oxygen atoms in total. The predicted octanol–water partition coefficient (Wildman–Crippen LogP) is 5.59. The monoisotopic (exact) mass is 448 g/mol. The van der Waals surface area contributed by atoms with Crippen molar-refractivity contribution in [3.8, 4) is 11.5 Å². The van der Waals surface area contributed by atoms with Gasteiger partial charge in [0.2, 0.25) is 26.6 Å². The van der Waals surface area contributed by atoms with Crippen LogP contribution < -0.4 is 4.90 Å². The highest BCUT2D eigenvalue weighted by Crippen LogP contribution is 2.38. The molecule has 0 aliphatic carbocycles. The van der Waals surface area contributed by atoms with Crippen LogP contribution in [0.3, 0.4) is 0 Å². The second-order valence-corrected chi connectivity index (χ2v) is 9.68. The Labute approximate surface area is 180 Å². The highest BCUT2D eigenvalue weighted by atomic mass is 35.5. The SMILES string of the molecule is CCC1CCN(c2oc(-c3ccccc3Cl)nc2S(=O)(=O)c2ccc(F)cc2)CC1. The molecule has 3 aromatic rings. The van der Waals surface area contributed by atoms with E-state index in [-0.39, 0.29) is 21.7 Å². The van der Waals surface area contributed by atoms with Crippen molar-refractivity contribution in [2.24, 2.45) is 5.92 Å². The number of aromatic nitrogens is 1. The summed E-state index contributed by atoms with van der Waals surface area (Å²) in [5, 5.41) is 0.250. The summed E-state index contributed by atoms with van der Waals surface area (Å²) in [5.74, 6) is 0.467. The first-order valence-electron chi connectivity index (χ1n) is 9.91. The van der Waals surface area contributed by atoms with Gasteiger partial charge in [-0.2, -0.15) is 4.98 Å². The fraction of sp³-hybridized carbons (Fsp3) is 0.318. The Morgan fingerprint density at radius 3 is 2.43 bits per heavy atom. The number of hydrogen-bond donors (Lipinski definition) is 0. The van der Waals surface area contributed by atoms with Crippen molar-refractivity contribution in [2.75, 3.05) is 18.0 Å². The molecule has 0 saturated carbocycles.